The van der Waals surface area contributed by atoms with Gasteiger partial charge in [0, 0.05) is 34.6 Å². The highest BCUT2D eigenvalue weighted by molar-refractivity contribution is 7.92. The summed E-state index contributed by atoms with van der Waals surface area (Å²) in [5, 5.41) is 3.59. The van der Waals surface area contributed by atoms with Crippen LogP contribution < -0.4 is 9.62 Å². The third-order valence-corrected chi connectivity index (χ3v) is 8.01. The molecule has 0 radical (unpaired) electrons. The second-order valence-electron chi connectivity index (χ2n) is 10.0. The van der Waals surface area contributed by atoms with Crippen molar-refractivity contribution in [3.63, 3.8) is 0 Å². The molecule has 0 saturated carbocycles. The van der Waals surface area contributed by atoms with E-state index in [1.54, 1.807) is 24.3 Å². The Morgan fingerprint density at radius 3 is 2.20 bits per heavy atom. The summed E-state index contributed by atoms with van der Waals surface area (Å²) in [4.78, 5) is 41.0. The molecule has 41 heavy (non-hydrogen) atoms. The number of sulfonamides is 1. The molecule has 0 spiro atoms. The number of nitrogens with one attached hydrogen (secondary N) is 1. The van der Waals surface area contributed by atoms with E-state index < -0.39 is 34.4 Å². The van der Waals surface area contributed by atoms with E-state index in [0.29, 0.717) is 21.2 Å². The number of halogens is 2. The van der Waals surface area contributed by atoms with Gasteiger partial charge in [0.15, 0.2) is 5.78 Å². The molecule has 11 heteroatoms. The van der Waals surface area contributed by atoms with Crippen LogP contribution in [0.1, 0.15) is 42.3 Å². The standard InChI is InChI=1S/C30H33Cl2N3O5S/c1-20(2)33-30(38)28(15-22-9-6-5-7-10-22)34(18-24-13-14-25(31)17-27(24)32)29(37)19-35(41(4,39)40)26-12-8-11-23(16-26)21(3)36/h5-14,16-17,20,28H,15,18-19H2,1-4H3,(H,33,38). The van der Waals surface area contributed by atoms with Gasteiger partial charge in [0.1, 0.15) is 12.6 Å². The normalized spacial score (nSPS) is 12.1. The number of benzene rings is 3. The summed E-state index contributed by atoms with van der Waals surface area (Å²) in [6.07, 6.45) is 1.16. The van der Waals surface area contributed by atoms with E-state index in [2.05, 4.69) is 5.32 Å². The van der Waals surface area contributed by atoms with Crippen LogP contribution in [0.2, 0.25) is 10.0 Å². The maximum atomic E-state index is 14.1. The lowest BCUT2D eigenvalue weighted by Crippen LogP contribution is -2.54. The van der Waals surface area contributed by atoms with E-state index in [9.17, 15) is 22.8 Å². The molecule has 0 bridgehead atoms. The van der Waals surface area contributed by atoms with Crippen molar-refractivity contribution < 1.29 is 22.8 Å². The number of carbonyl (C=O) groups excluding carboxylic acids is 3. The van der Waals surface area contributed by atoms with Gasteiger partial charge in [0.05, 0.1) is 11.9 Å². The van der Waals surface area contributed by atoms with E-state index >= 15 is 0 Å². The number of carbonyl (C=O) groups is 3. The number of amides is 2. The fourth-order valence-corrected chi connectivity index (χ4v) is 5.57. The lowest BCUT2D eigenvalue weighted by Gasteiger charge is -2.34. The van der Waals surface area contributed by atoms with Gasteiger partial charge in [0.2, 0.25) is 21.8 Å². The summed E-state index contributed by atoms with van der Waals surface area (Å²) in [7, 11) is -3.97. The Kier molecular flexibility index (Phi) is 11.0. The zero-order valence-corrected chi connectivity index (χ0v) is 25.6. The summed E-state index contributed by atoms with van der Waals surface area (Å²) in [5.74, 6) is -1.28. The Morgan fingerprint density at radius 2 is 1.61 bits per heavy atom. The van der Waals surface area contributed by atoms with Crippen LogP contribution >= 0.6 is 23.2 Å². The minimum atomic E-state index is -3.97. The molecular weight excluding hydrogens is 585 g/mol. The highest BCUT2D eigenvalue weighted by atomic mass is 35.5. The molecular formula is C30H33Cl2N3O5S. The monoisotopic (exact) mass is 617 g/mol. The van der Waals surface area contributed by atoms with Gasteiger partial charge in [-0.25, -0.2) is 8.42 Å². The van der Waals surface area contributed by atoms with Gasteiger partial charge in [-0.1, -0.05) is 71.7 Å². The van der Waals surface area contributed by atoms with Gasteiger partial charge in [0.25, 0.3) is 0 Å². The van der Waals surface area contributed by atoms with Crippen molar-refractivity contribution in [2.45, 2.75) is 45.8 Å². The summed E-state index contributed by atoms with van der Waals surface area (Å²) >= 11 is 12.6. The van der Waals surface area contributed by atoms with Gasteiger partial charge in [-0.3, -0.25) is 18.7 Å². The minimum Gasteiger partial charge on any atom is -0.352 e. The quantitative estimate of drug-likeness (QED) is 0.284. The molecule has 1 unspecified atom stereocenters. The highest BCUT2D eigenvalue weighted by Gasteiger charge is 2.33. The van der Waals surface area contributed by atoms with Crippen molar-refractivity contribution in [3.8, 4) is 0 Å². The third-order valence-electron chi connectivity index (χ3n) is 6.28. The van der Waals surface area contributed by atoms with Crippen LogP contribution in [0.3, 0.4) is 0 Å². The number of rotatable bonds is 12. The van der Waals surface area contributed by atoms with Crippen LogP contribution in [-0.2, 0) is 32.6 Å². The first-order valence-corrected chi connectivity index (χ1v) is 15.5. The average Bonchev–Trinajstić information content (AvgIpc) is 2.89. The van der Waals surface area contributed by atoms with Crippen LogP contribution in [-0.4, -0.2) is 55.8 Å². The van der Waals surface area contributed by atoms with Crippen molar-refractivity contribution in [1.29, 1.82) is 0 Å². The summed E-state index contributed by atoms with van der Waals surface area (Å²) in [5.41, 5.74) is 1.80. The molecule has 8 nitrogen and oxygen atoms in total. The Hall–Kier alpha value is -3.40. The molecule has 2 amide bonds. The average molecular weight is 619 g/mol. The molecule has 218 valence electrons. The van der Waals surface area contributed by atoms with E-state index in [4.69, 9.17) is 23.2 Å². The second-order valence-corrected chi connectivity index (χ2v) is 12.8. The van der Waals surface area contributed by atoms with Crippen LogP contribution in [0.25, 0.3) is 0 Å². The summed E-state index contributed by atoms with van der Waals surface area (Å²) in [6.45, 7) is 4.31. The topological polar surface area (TPSA) is 104 Å². The molecule has 3 aromatic carbocycles. The highest BCUT2D eigenvalue weighted by Crippen LogP contribution is 2.25. The minimum absolute atomic E-state index is 0.0804. The van der Waals surface area contributed by atoms with Gasteiger partial charge in [-0.15, -0.1) is 0 Å². The zero-order valence-electron chi connectivity index (χ0n) is 23.3. The molecule has 0 aromatic heterocycles. The first-order valence-electron chi connectivity index (χ1n) is 12.9. The SMILES string of the molecule is CC(=O)c1cccc(N(CC(=O)N(Cc2ccc(Cl)cc2Cl)C(Cc2ccccc2)C(=O)NC(C)C)S(C)(=O)=O)c1. The molecule has 0 heterocycles. The zero-order chi connectivity index (χ0) is 30.3. The first kappa shape index (κ1) is 32.1. The van der Waals surface area contributed by atoms with Crippen LogP contribution in [0.4, 0.5) is 5.69 Å². The van der Waals surface area contributed by atoms with Crippen LogP contribution in [0, 0.1) is 0 Å². The molecule has 1 N–H and O–H groups in total. The molecule has 0 fully saturated rings. The maximum absolute atomic E-state index is 14.1. The maximum Gasteiger partial charge on any atom is 0.244 e. The van der Waals surface area contributed by atoms with Crippen molar-refractivity contribution in [2.24, 2.45) is 0 Å². The number of hydrogen-bond acceptors (Lipinski definition) is 5. The van der Waals surface area contributed by atoms with E-state index in [1.807, 2.05) is 44.2 Å². The second kappa shape index (κ2) is 14.0. The third kappa shape index (κ3) is 9.05. The molecule has 0 aliphatic carbocycles. The van der Waals surface area contributed by atoms with Crippen molar-refractivity contribution in [3.05, 3.63) is 99.5 Å². The van der Waals surface area contributed by atoms with Crippen LogP contribution in [0.5, 0.6) is 0 Å². The van der Waals surface area contributed by atoms with E-state index in [0.717, 1.165) is 16.1 Å². The summed E-state index contributed by atoms with van der Waals surface area (Å²) < 4.78 is 26.8. The Labute approximate surface area is 251 Å². The van der Waals surface area contributed by atoms with Crippen molar-refractivity contribution >= 4 is 56.5 Å². The number of hydrogen-bond donors (Lipinski definition) is 1. The number of nitrogens with zero attached hydrogens (tertiary/aromatic N) is 2. The largest absolute Gasteiger partial charge is 0.352 e. The predicted octanol–water partition coefficient (Wildman–Crippen LogP) is 5.13. The van der Waals surface area contributed by atoms with Gasteiger partial charge in [-0.05, 0) is 56.2 Å². The summed E-state index contributed by atoms with van der Waals surface area (Å²) in [6, 6.07) is 18.9. The van der Waals surface area contributed by atoms with Gasteiger partial charge >= 0.3 is 0 Å². The van der Waals surface area contributed by atoms with Crippen LogP contribution in [0.15, 0.2) is 72.8 Å². The van der Waals surface area contributed by atoms with Crippen molar-refractivity contribution in [2.75, 3.05) is 17.1 Å². The molecule has 3 rings (SSSR count). The Bertz CT molecular complexity index is 1510. The smallest absolute Gasteiger partial charge is 0.244 e. The molecule has 0 aliphatic heterocycles. The molecule has 3 aromatic rings. The van der Waals surface area contributed by atoms with E-state index in [-0.39, 0.29) is 30.5 Å². The fourth-order valence-electron chi connectivity index (χ4n) is 4.26. The van der Waals surface area contributed by atoms with Gasteiger partial charge in [-0.2, -0.15) is 0 Å². The molecule has 1 atom stereocenters. The van der Waals surface area contributed by atoms with E-state index in [1.165, 1.54) is 30.0 Å². The van der Waals surface area contributed by atoms with Gasteiger partial charge < -0.3 is 10.2 Å². The number of Topliss-reactive ketones (excluding diaryl/α,β-unsaturated/α-hetero) is 1. The lowest BCUT2D eigenvalue weighted by molar-refractivity contribution is -0.140. The lowest BCUT2D eigenvalue weighted by atomic mass is 10.0. The number of ketones is 1. The first-order chi connectivity index (χ1) is 19.3. The molecule has 0 aliphatic rings. The molecule has 0 saturated heterocycles. The number of anilines is 1. The Morgan fingerprint density at radius 1 is 0.927 bits per heavy atom. The Balaban J connectivity index is 2.10. The fraction of sp³-hybridized carbons (Fsp3) is 0.300. The van der Waals surface area contributed by atoms with Crippen molar-refractivity contribution in [1.82, 2.24) is 10.2 Å². The predicted molar refractivity (Wildman–Crippen MR) is 163 cm³/mol.